The van der Waals surface area contributed by atoms with Gasteiger partial charge in [0.2, 0.25) is 18.5 Å². The summed E-state index contributed by atoms with van der Waals surface area (Å²) in [5.41, 5.74) is 0.566. The first-order chi connectivity index (χ1) is 27.3. The van der Waals surface area contributed by atoms with Gasteiger partial charge in [-0.2, -0.15) is 0 Å². The standard InChI is InChI=1S/C38H55N6O12P/c1-7-10-22-52-38(49)43-20-18-42(19-21-43)37(48)31(25-57(50,55-26(4)53-33(45)8-2)56-27(5)54-34(46)9-3)40-36(47)30-23-32(44-17-16-29(24-44)51-6)41-35(39-30)28-14-12-11-13-15-28/h11-15,23,26-27,29,31H,7-10,16-22,24-25H2,1-6H3,(H,40,47)/t26?,27?,29-,31-,57?/m0/s1. The number of hydrogen-bond acceptors (Lipinski definition) is 15. The summed E-state index contributed by atoms with van der Waals surface area (Å²) in [6.07, 6.45) is -1.82. The van der Waals surface area contributed by atoms with Crippen LogP contribution in [0.5, 0.6) is 0 Å². The molecule has 1 aromatic heterocycles. The first-order valence-corrected chi connectivity index (χ1v) is 21.1. The van der Waals surface area contributed by atoms with Crippen molar-refractivity contribution in [3.05, 3.63) is 42.1 Å². The van der Waals surface area contributed by atoms with Gasteiger partial charge in [-0.3, -0.25) is 32.8 Å². The van der Waals surface area contributed by atoms with Crippen LogP contribution in [0.3, 0.4) is 0 Å². The van der Waals surface area contributed by atoms with Gasteiger partial charge in [-0.15, -0.1) is 0 Å². The Morgan fingerprint density at radius 1 is 0.877 bits per heavy atom. The van der Waals surface area contributed by atoms with Crippen molar-refractivity contribution in [3.8, 4) is 11.4 Å². The van der Waals surface area contributed by atoms with Crippen molar-refractivity contribution in [1.82, 2.24) is 25.1 Å². The molecular weight excluding hydrogens is 763 g/mol. The predicted octanol–water partition coefficient (Wildman–Crippen LogP) is 4.37. The van der Waals surface area contributed by atoms with Gasteiger partial charge < -0.3 is 39.0 Å². The minimum Gasteiger partial charge on any atom is -0.449 e. The van der Waals surface area contributed by atoms with Gasteiger partial charge in [0, 0.05) is 70.8 Å². The van der Waals surface area contributed by atoms with E-state index >= 15 is 0 Å². The fourth-order valence-corrected chi connectivity index (χ4v) is 7.97. The summed E-state index contributed by atoms with van der Waals surface area (Å²) in [4.78, 5) is 79.7. The molecule has 57 heavy (non-hydrogen) atoms. The summed E-state index contributed by atoms with van der Waals surface area (Å²) in [7, 11) is -2.94. The van der Waals surface area contributed by atoms with E-state index in [-0.39, 0.29) is 63.2 Å². The monoisotopic (exact) mass is 818 g/mol. The van der Waals surface area contributed by atoms with Crippen molar-refractivity contribution >= 4 is 43.3 Å². The lowest BCUT2D eigenvalue weighted by Crippen LogP contribution is -2.57. The number of carbonyl (C=O) groups is 5. The number of unbranched alkanes of at least 4 members (excludes halogenated alkanes) is 1. The third-order valence-corrected chi connectivity index (χ3v) is 11.2. The first-order valence-electron chi connectivity index (χ1n) is 19.4. The molecule has 0 spiro atoms. The number of piperazine rings is 1. The number of benzene rings is 1. The van der Waals surface area contributed by atoms with Gasteiger partial charge >= 0.3 is 25.6 Å². The lowest BCUT2D eigenvalue weighted by Gasteiger charge is -2.36. The molecule has 0 aliphatic carbocycles. The molecule has 2 unspecified atom stereocenters. The molecule has 2 aliphatic heterocycles. The Morgan fingerprint density at radius 3 is 2.05 bits per heavy atom. The third-order valence-electron chi connectivity index (χ3n) is 9.15. The van der Waals surface area contributed by atoms with Crippen LogP contribution in [0.2, 0.25) is 0 Å². The summed E-state index contributed by atoms with van der Waals surface area (Å²) in [6, 6.07) is 9.02. The van der Waals surface area contributed by atoms with E-state index < -0.39 is 62.2 Å². The van der Waals surface area contributed by atoms with Crippen LogP contribution < -0.4 is 10.2 Å². The molecule has 3 heterocycles. The molecule has 19 heteroatoms. The van der Waals surface area contributed by atoms with Crippen molar-refractivity contribution in [2.75, 3.05) is 64.0 Å². The maximum Gasteiger partial charge on any atom is 0.409 e. The van der Waals surface area contributed by atoms with E-state index in [0.717, 1.165) is 12.8 Å². The van der Waals surface area contributed by atoms with Crippen LogP contribution in [0, 0.1) is 0 Å². The predicted molar refractivity (Wildman–Crippen MR) is 207 cm³/mol. The molecule has 0 saturated carbocycles. The molecule has 0 radical (unpaired) electrons. The second kappa shape index (κ2) is 21.8. The van der Waals surface area contributed by atoms with Crippen molar-refractivity contribution in [2.45, 2.75) is 91.4 Å². The molecule has 1 aromatic carbocycles. The quantitative estimate of drug-likeness (QED) is 0.0687. The number of hydrogen-bond donors (Lipinski definition) is 1. The molecule has 2 saturated heterocycles. The zero-order valence-electron chi connectivity index (χ0n) is 33.5. The fraction of sp³-hybridized carbons (Fsp3) is 0.605. The van der Waals surface area contributed by atoms with Gasteiger partial charge in [0.05, 0.1) is 18.9 Å². The molecule has 0 bridgehead atoms. The maximum absolute atomic E-state index is 14.6. The SMILES string of the molecule is CCCCOC(=O)N1CCN(C(=O)[C@H](CP(=O)(OC(C)OC(=O)CC)OC(C)OC(=O)CC)NC(=O)c2cc(N3CC[C@H](OC)C3)nc(-c3ccccc3)n2)CC1. The van der Waals surface area contributed by atoms with Crippen LogP contribution in [0.4, 0.5) is 10.6 Å². The van der Waals surface area contributed by atoms with Crippen molar-refractivity contribution in [1.29, 1.82) is 0 Å². The summed E-state index contributed by atoms with van der Waals surface area (Å²) in [6.45, 7) is 9.59. The lowest BCUT2D eigenvalue weighted by molar-refractivity contribution is -0.167. The third kappa shape index (κ3) is 13.5. The summed E-state index contributed by atoms with van der Waals surface area (Å²) >= 11 is 0. The van der Waals surface area contributed by atoms with E-state index in [0.29, 0.717) is 30.9 Å². The van der Waals surface area contributed by atoms with Crippen LogP contribution >= 0.6 is 7.60 Å². The molecule has 18 nitrogen and oxygen atoms in total. The molecule has 2 aliphatic rings. The first kappa shape index (κ1) is 45.1. The van der Waals surface area contributed by atoms with Gasteiger partial charge in [-0.1, -0.05) is 57.5 Å². The van der Waals surface area contributed by atoms with Gasteiger partial charge in [-0.25, -0.2) is 14.8 Å². The Hall–Kier alpha value is -4.64. The normalized spacial score (nSPS) is 18.2. The number of esters is 2. The minimum absolute atomic E-state index is 0.00584. The van der Waals surface area contributed by atoms with E-state index in [2.05, 4.69) is 10.3 Å². The smallest absolute Gasteiger partial charge is 0.409 e. The molecule has 4 rings (SSSR count). The second-order valence-electron chi connectivity index (χ2n) is 13.5. The fourth-order valence-electron chi connectivity index (χ4n) is 6.07. The molecule has 3 amide bonds. The Balaban J connectivity index is 1.68. The Labute approximate surface area is 333 Å². The molecule has 314 valence electrons. The van der Waals surface area contributed by atoms with Crippen LogP contribution in [0.25, 0.3) is 11.4 Å². The second-order valence-corrected chi connectivity index (χ2v) is 15.5. The maximum atomic E-state index is 14.6. The molecule has 2 aromatic rings. The van der Waals surface area contributed by atoms with Crippen molar-refractivity contribution in [2.24, 2.45) is 0 Å². The number of nitrogens with zero attached hydrogens (tertiary/aromatic N) is 5. The highest BCUT2D eigenvalue weighted by Crippen LogP contribution is 2.51. The number of rotatable bonds is 19. The van der Waals surface area contributed by atoms with Gasteiger partial charge in [0.25, 0.3) is 5.91 Å². The van der Waals surface area contributed by atoms with Crippen molar-refractivity contribution < 1.29 is 56.5 Å². The number of nitrogens with one attached hydrogen (secondary N) is 1. The minimum atomic E-state index is -4.57. The Bertz CT molecular complexity index is 1700. The summed E-state index contributed by atoms with van der Waals surface area (Å²) in [5.74, 6) is -2.04. The largest absolute Gasteiger partial charge is 0.449 e. The number of anilines is 1. The van der Waals surface area contributed by atoms with Gasteiger partial charge in [0.1, 0.15) is 17.6 Å². The van der Waals surface area contributed by atoms with Crippen molar-refractivity contribution in [3.63, 3.8) is 0 Å². The molecular formula is C38H55N6O12P. The highest BCUT2D eigenvalue weighted by atomic mass is 31.2. The zero-order chi connectivity index (χ0) is 41.5. The van der Waals surface area contributed by atoms with Gasteiger partial charge in [0.15, 0.2) is 5.82 Å². The van der Waals surface area contributed by atoms with E-state index in [1.54, 1.807) is 33.1 Å². The summed E-state index contributed by atoms with van der Waals surface area (Å²) < 4.78 is 47.3. The topological polar surface area (TPSA) is 205 Å². The van der Waals surface area contributed by atoms with E-state index in [1.807, 2.05) is 30.0 Å². The number of carbonyl (C=O) groups excluding carboxylic acids is 5. The number of aromatic nitrogens is 2. The number of methoxy groups -OCH3 is 1. The molecule has 4 atom stereocenters. The number of ether oxygens (including phenoxy) is 4. The Kier molecular flexibility index (Phi) is 17.2. The van der Waals surface area contributed by atoms with E-state index in [9.17, 15) is 28.5 Å². The lowest BCUT2D eigenvalue weighted by atomic mass is 10.2. The van der Waals surface area contributed by atoms with Crippen LogP contribution in [0.15, 0.2) is 36.4 Å². The Morgan fingerprint density at radius 2 is 1.49 bits per heavy atom. The average molecular weight is 819 g/mol. The molecule has 2 fully saturated rings. The zero-order valence-corrected chi connectivity index (χ0v) is 34.4. The number of amides is 3. The van der Waals surface area contributed by atoms with Crippen LogP contribution in [-0.2, 0) is 46.9 Å². The van der Waals surface area contributed by atoms with E-state index in [1.165, 1.54) is 29.7 Å². The van der Waals surface area contributed by atoms with Crippen LogP contribution in [0.1, 0.15) is 77.2 Å². The highest BCUT2D eigenvalue weighted by molar-refractivity contribution is 7.54. The highest BCUT2D eigenvalue weighted by Gasteiger charge is 2.41. The van der Waals surface area contributed by atoms with E-state index in [4.69, 9.17) is 33.0 Å². The van der Waals surface area contributed by atoms with Crippen LogP contribution in [-0.4, -0.2) is 133 Å². The summed E-state index contributed by atoms with van der Waals surface area (Å²) in [5, 5.41) is 2.70. The van der Waals surface area contributed by atoms with Gasteiger partial charge in [-0.05, 0) is 26.7 Å². The average Bonchev–Trinajstić information content (AvgIpc) is 3.70. The molecule has 1 N–H and O–H groups in total.